The van der Waals surface area contributed by atoms with Crippen LogP contribution < -0.4 is 16.4 Å². The molecule has 1 unspecified atom stereocenters. The number of halogens is 1. The Morgan fingerprint density at radius 3 is 2.14 bits per heavy atom. The van der Waals surface area contributed by atoms with Gasteiger partial charge in [0.25, 0.3) is 11.8 Å². The van der Waals surface area contributed by atoms with E-state index in [1.165, 1.54) is 18.0 Å². The molecule has 0 aliphatic carbocycles. The third-order valence-corrected chi connectivity index (χ3v) is 13.2. The number of carbonyl (C=O) groups excluding carboxylic acids is 3. The van der Waals surface area contributed by atoms with E-state index in [0.717, 1.165) is 28.0 Å². The number of amides is 3. The predicted octanol–water partition coefficient (Wildman–Crippen LogP) is 7.24. The van der Waals surface area contributed by atoms with Crippen molar-refractivity contribution in [1.29, 1.82) is 0 Å². The van der Waals surface area contributed by atoms with Crippen LogP contribution in [0.4, 0.5) is 9.93 Å². The number of hydrogen-bond donors (Lipinski definition) is 4. The number of benzene rings is 3. The molecule has 5 aromatic rings. The second-order valence-corrected chi connectivity index (χ2v) is 18.9. The maximum absolute atomic E-state index is 14.4. The molecule has 5 N–H and O–H groups in total. The van der Waals surface area contributed by atoms with E-state index in [2.05, 4.69) is 37.6 Å². The Hall–Kier alpha value is -6.32. The van der Waals surface area contributed by atoms with E-state index in [-0.39, 0.29) is 32.3 Å². The standard InChI is InChI=1S/C45H40ClN7O7S3/c1-26(49-43(58)59-44(2,3)4)20-21-27-24-48-23-22-31(27)62-32-25-61-40-35(39(55)53(40)36(32)41(56)57)50-38(54)34(33-37(46)63-42(47)51-33)52-60-45(28-14-8-5-9-15-28,29-16-10-6-11-17-29)30-18-12-7-13-19-30/h5-19,22-24,26,35,40H,25H2,1-4H3,(H2,47,51)(H,49,58)(H,50,54)(H,56,57)/b52-34-/t26?,35-,40+/m1/s1. The number of nitrogens with zero attached hydrogens (tertiary/aromatic N) is 4. The Balaban J connectivity index is 1.17. The number of aromatic nitrogens is 2. The molecule has 0 spiro atoms. The average Bonchev–Trinajstić information content (AvgIpc) is 3.60. The number of carboxylic acids is 1. The molecule has 0 radical (unpaired) electrons. The molecule has 0 bridgehead atoms. The van der Waals surface area contributed by atoms with Crippen molar-refractivity contribution in [3.05, 3.63) is 152 Å². The molecular formula is C45H40ClN7O7S3. The molecule has 63 heavy (non-hydrogen) atoms. The van der Waals surface area contributed by atoms with Crippen LogP contribution in [0.5, 0.6) is 0 Å². The summed E-state index contributed by atoms with van der Waals surface area (Å²) >= 11 is 9.96. The van der Waals surface area contributed by atoms with Crippen LogP contribution in [0, 0.1) is 11.8 Å². The summed E-state index contributed by atoms with van der Waals surface area (Å²) in [5.41, 5.74) is 5.95. The number of fused-ring (bicyclic) bond motifs is 1. The lowest BCUT2D eigenvalue weighted by molar-refractivity contribution is -0.150. The quantitative estimate of drug-likeness (QED) is 0.0322. The third-order valence-electron chi connectivity index (χ3n) is 9.45. The van der Waals surface area contributed by atoms with Crippen LogP contribution in [-0.2, 0) is 29.6 Å². The van der Waals surface area contributed by atoms with Crippen molar-refractivity contribution in [3.63, 3.8) is 0 Å². The third kappa shape index (κ3) is 9.84. The van der Waals surface area contributed by atoms with E-state index in [1.54, 1.807) is 40.0 Å². The van der Waals surface area contributed by atoms with Crippen molar-refractivity contribution in [1.82, 2.24) is 25.5 Å². The average molecular weight is 923 g/mol. The Bertz CT molecular complexity index is 2570. The number of ether oxygens (including phenoxy) is 1. The summed E-state index contributed by atoms with van der Waals surface area (Å²) < 4.78 is 5.37. The number of nitrogens with one attached hydrogen (secondary N) is 2. The SMILES string of the molecule is CC(C#Cc1cnccc1SC1=C(C(=O)O)N2C(=O)[C@@H](NC(=O)/C(=N\OC(c3ccccc3)(c3ccccc3)c3ccccc3)c3nc(N)sc3Cl)[C@@H]2SC1)NC(=O)OC(C)(C)C. The van der Waals surface area contributed by atoms with Gasteiger partial charge in [0.2, 0.25) is 5.60 Å². The van der Waals surface area contributed by atoms with E-state index in [1.807, 2.05) is 91.0 Å². The second kappa shape index (κ2) is 19.0. The molecule has 14 nitrogen and oxygen atoms in total. The molecule has 2 aliphatic heterocycles. The Morgan fingerprint density at radius 2 is 1.60 bits per heavy atom. The lowest BCUT2D eigenvalue weighted by atomic mass is 9.80. The van der Waals surface area contributed by atoms with Crippen LogP contribution in [0.15, 0.2) is 130 Å². The van der Waals surface area contributed by atoms with Gasteiger partial charge in [-0.25, -0.2) is 14.6 Å². The van der Waals surface area contributed by atoms with Crippen molar-refractivity contribution in [2.75, 3.05) is 11.5 Å². The smallest absolute Gasteiger partial charge is 0.408 e. The lowest BCUT2D eigenvalue weighted by Crippen LogP contribution is -2.71. The first-order valence-corrected chi connectivity index (χ1v) is 22.4. The minimum absolute atomic E-state index is 0.0595. The van der Waals surface area contributed by atoms with Crippen LogP contribution in [0.3, 0.4) is 0 Å². The van der Waals surface area contributed by atoms with Crippen molar-refractivity contribution < 1.29 is 33.9 Å². The molecule has 2 aromatic heterocycles. The Morgan fingerprint density at radius 1 is 1.00 bits per heavy atom. The monoisotopic (exact) mass is 921 g/mol. The molecule has 3 amide bonds. The summed E-state index contributed by atoms with van der Waals surface area (Å²) in [4.78, 5) is 70.7. The molecule has 3 aromatic carbocycles. The largest absolute Gasteiger partial charge is 0.477 e. The Kier molecular flexibility index (Phi) is 13.5. The number of nitrogen functional groups attached to an aromatic ring is 1. The molecule has 18 heteroatoms. The van der Waals surface area contributed by atoms with Crippen molar-refractivity contribution >= 4 is 81.2 Å². The number of anilines is 1. The number of nitrogens with two attached hydrogens (primary N) is 1. The zero-order valence-corrected chi connectivity index (χ0v) is 37.4. The first kappa shape index (κ1) is 44.7. The number of thioether (sulfide) groups is 2. The number of rotatable bonds is 12. The number of oxime groups is 1. The number of carbonyl (C=O) groups is 4. The van der Waals surface area contributed by atoms with Crippen LogP contribution in [0.25, 0.3) is 0 Å². The summed E-state index contributed by atoms with van der Waals surface area (Å²) in [5.74, 6) is 3.34. The van der Waals surface area contributed by atoms with Gasteiger partial charge in [0.05, 0.1) is 11.6 Å². The number of β-lactam (4-membered cyclic amide) rings is 1. The van der Waals surface area contributed by atoms with Gasteiger partial charge in [0.15, 0.2) is 10.8 Å². The van der Waals surface area contributed by atoms with Gasteiger partial charge in [0, 0.05) is 44.6 Å². The van der Waals surface area contributed by atoms with Gasteiger partial charge in [-0.05, 0) is 33.8 Å². The fourth-order valence-electron chi connectivity index (χ4n) is 6.73. The highest BCUT2D eigenvalue weighted by molar-refractivity contribution is 8.06. The van der Waals surface area contributed by atoms with Crippen molar-refractivity contribution in [2.24, 2.45) is 5.16 Å². The molecular weight excluding hydrogens is 882 g/mol. The first-order valence-electron chi connectivity index (χ1n) is 19.4. The van der Waals surface area contributed by atoms with Gasteiger partial charge in [-0.15, -0.1) is 11.8 Å². The second-order valence-electron chi connectivity index (χ2n) is 15.0. The molecule has 2 aliphatic rings. The van der Waals surface area contributed by atoms with Crippen LogP contribution in [0.1, 0.15) is 55.6 Å². The molecule has 3 atom stereocenters. The van der Waals surface area contributed by atoms with Gasteiger partial charge in [-0.1, -0.05) is 143 Å². The number of carboxylic acid groups (broad SMARTS) is 1. The molecule has 0 saturated carbocycles. The first-order chi connectivity index (χ1) is 30.2. The summed E-state index contributed by atoms with van der Waals surface area (Å²) in [7, 11) is 0. The molecule has 322 valence electrons. The van der Waals surface area contributed by atoms with Gasteiger partial charge in [-0.3, -0.25) is 19.5 Å². The summed E-state index contributed by atoms with van der Waals surface area (Å²) in [6, 6.07) is 28.1. The van der Waals surface area contributed by atoms with E-state index < -0.39 is 52.5 Å². The molecule has 7 rings (SSSR count). The zero-order chi connectivity index (χ0) is 44.9. The number of hydrogen-bond acceptors (Lipinski definition) is 13. The van der Waals surface area contributed by atoms with Crippen molar-refractivity contribution in [3.8, 4) is 11.8 Å². The molecule has 1 fully saturated rings. The highest BCUT2D eigenvalue weighted by Crippen LogP contribution is 2.46. The number of pyridine rings is 1. The van der Waals surface area contributed by atoms with Gasteiger partial charge in [0.1, 0.15) is 32.7 Å². The van der Waals surface area contributed by atoms with Crippen LogP contribution in [-0.4, -0.2) is 78.4 Å². The van der Waals surface area contributed by atoms with Crippen molar-refractivity contribution in [2.45, 2.75) is 61.3 Å². The molecule has 1 saturated heterocycles. The predicted molar refractivity (Wildman–Crippen MR) is 244 cm³/mol. The summed E-state index contributed by atoms with van der Waals surface area (Å²) in [6.07, 6.45) is 2.46. The van der Waals surface area contributed by atoms with E-state index in [0.29, 0.717) is 32.1 Å². The summed E-state index contributed by atoms with van der Waals surface area (Å²) in [6.45, 7) is 6.97. The minimum atomic E-state index is -1.38. The Labute approximate surface area is 380 Å². The fraction of sp³-hybridized carbons (Fsp3) is 0.222. The highest BCUT2D eigenvalue weighted by Gasteiger charge is 2.55. The van der Waals surface area contributed by atoms with Crippen LogP contribution in [0.2, 0.25) is 4.34 Å². The summed E-state index contributed by atoms with van der Waals surface area (Å²) in [5, 5.41) is 19.7. The fourth-order valence-corrected chi connectivity index (χ4v) is 10.2. The maximum atomic E-state index is 14.4. The minimum Gasteiger partial charge on any atom is -0.477 e. The molecule has 4 heterocycles. The normalized spacial score (nSPS) is 16.7. The number of thiazole rings is 1. The van der Waals surface area contributed by atoms with E-state index >= 15 is 0 Å². The maximum Gasteiger partial charge on any atom is 0.408 e. The van der Waals surface area contributed by atoms with E-state index in [9.17, 15) is 24.3 Å². The van der Waals surface area contributed by atoms with Gasteiger partial charge >= 0.3 is 12.1 Å². The van der Waals surface area contributed by atoms with Crippen LogP contribution >= 0.6 is 46.5 Å². The number of alkyl carbamates (subject to hydrolysis) is 1. The lowest BCUT2D eigenvalue weighted by Gasteiger charge is -2.49. The zero-order valence-electron chi connectivity index (χ0n) is 34.2. The number of aliphatic carboxylic acids is 1. The van der Waals surface area contributed by atoms with Gasteiger partial charge < -0.3 is 31.0 Å². The highest BCUT2D eigenvalue weighted by atomic mass is 35.5. The topological polar surface area (TPSA) is 198 Å². The van der Waals surface area contributed by atoms with E-state index in [4.69, 9.17) is 26.9 Å². The van der Waals surface area contributed by atoms with Gasteiger partial charge in [-0.2, -0.15) is 0 Å².